The third kappa shape index (κ3) is 4.36. The van der Waals surface area contributed by atoms with Gasteiger partial charge in [0.15, 0.2) is 0 Å². The summed E-state index contributed by atoms with van der Waals surface area (Å²) < 4.78 is 5.05. The molecule has 2 atom stereocenters. The molecule has 20 heavy (non-hydrogen) atoms. The third-order valence-electron chi connectivity index (χ3n) is 4.27. The van der Waals surface area contributed by atoms with Crippen LogP contribution >= 0.6 is 0 Å². The van der Waals surface area contributed by atoms with Crippen LogP contribution in [-0.4, -0.2) is 12.6 Å². The number of carbonyl (C=O) groups excluding carboxylic acids is 1. The highest BCUT2D eigenvalue weighted by Crippen LogP contribution is 2.51. The van der Waals surface area contributed by atoms with Crippen molar-refractivity contribution in [2.75, 3.05) is 6.61 Å². The molecule has 1 saturated carbocycles. The lowest BCUT2D eigenvalue weighted by atomic mass is 9.83. The Morgan fingerprint density at radius 2 is 2.00 bits per heavy atom. The van der Waals surface area contributed by atoms with E-state index in [0.29, 0.717) is 13.0 Å². The summed E-state index contributed by atoms with van der Waals surface area (Å²) in [5.74, 6) is 1.49. The maximum Gasteiger partial charge on any atom is 0.306 e. The van der Waals surface area contributed by atoms with Gasteiger partial charge in [-0.2, -0.15) is 0 Å². The fraction of sp³-hybridized carbons (Fsp3) is 0.611. The predicted molar refractivity (Wildman–Crippen MR) is 81.6 cm³/mol. The fourth-order valence-corrected chi connectivity index (χ4v) is 2.94. The van der Waals surface area contributed by atoms with E-state index in [2.05, 4.69) is 44.2 Å². The summed E-state index contributed by atoms with van der Waals surface area (Å²) in [4.78, 5) is 11.6. The van der Waals surface area contributed by atoms with Gasteiger partial charge in [-0.1, -0.05) is 44.2 Å². The van der Waals surface area contributed by atoms with E-state index in [1.807, 2.05) is 6.92 Å². The molecule has 1 aromatic carbocycles. The van der Waals surface area contributed by atoms with Gasteiger partial charge in [0, 0.05) is 0 Å². The molecule has 1 aromatic rings. The van der Waals surface area contributed by atoms with Gasteiger partial charge in [-0.25, -0.2) is 0 Å². The summed E-state index contributed by atoms with van der Waals surface area (Å²) in [6, 6.07) is 10.8. The molecule has 0 spiro atoms. The first kappa shape index (κ1) is 15.1. The first-order valence-corrected chi connectivity index (χ1v) is 7.72. The van der Waals surface area contributed by atoms with E-state index in [1.54, 1.807) is 0 Å². The molecule has 0 amide bonds. The molecule has 1 fully saturated rings. The lowest BCUT2D eigenvalue weighted by Gasteiger charge is -2.23. The minimum atomic E-state index is -0.0621. The van der Waals surface area contributed by atoms with Gasteiger partial charge in [-0.3, -0.25) is 4.79 Å². The van der Waals surface area contributed by atoms with Crippen LogP contribution in [0.3, 0.4) is 0 Å². The highest BCUT2D eigenvalue weighted by atomic mass is 16.5. The van der Waals surface area contributed by atoms with Crippen LogP contribution in [0.15, 0.2) is 30.3 Å². The summed E-state index contributed by atoms with van der Waals surface area (Å²) in [6.07, 6.45) is 4.15. The van der Waals surface area contributed by atoms with Gasteiger partial charge in [0.05, 0.1) is 13.0 Å². The van der Waals surface area contributed by atoms with E-state index in [4.69, 9.17) is 4.74 Å². The van der Waals surface area contributed by atoms with Crippen LogP contribution in [0.5, 0.6) is 0 Å². The fourth-order valence-electron chi connectivity index (χ4n) is 2.94. The second-order valence-corrected chi connectivity index (χ2v) is 6.70. The minimum absolute atomic E-state index is 0.0517. The maximum absolute atomic E-state index is 11.6. The SMILES string of the molecule is CCOC(=O)CC(C)(C)CC[C@H]1C[C@@H]1c1ccccc1. The summed E-state index contributed by atoms with van der Waals surface area (Å²) in [7, 11) is 0. The van der Waals surface area contributed by atoms with Crippen LogP contribution in [0.2, 0.25) is 0 Å². The third-order valence-corrected chi connectivity index (χ3v) is 4.27. The topological polar surface area (TPSA) is 26.3 Å². The van der Waals surface area contributed by atoms with Crippen molar-refractivity contribution in [1.29, 1.82) is 0 Å². The number of hydrogen-bond donors (Lipinski definition) is 0. The molecule has 2 heteroatoms. The van der Waals surface area contributed by atoms with Crippen LogP contribution in [-0.2, 0) is 9.53 Å². The average molecular weight is 274 g/mol. The summed E-state index contributed by atoms with van der Waals surface area (Å²) >= 11 is 0. The number of benzene rings is 1. The summed E-state index contributed by atoms with van der Waals surface area (Å²) in [5.41, 5.74) is 1.52. The molecule has 0 heterocycles. The lowest BCUT2D eigenvalue weighted by molar-refractivity contribution is -0.145. The van der Waals surface area contributed by atoms with E-state index in [-0.39, 0.29) is 11.4 Å². The molecule has 1 aliphatic rings. The van der Waals surface area contributed by atoms with Crippen LogP contribution in [0.25, 0.3) is 0 Å². The normalized spacial score (nSPS) is 21.6. The highest BCUT2D eigenvalue weighted by molar-refractivity contribution is 5.70. The number of esters is 1. The van der Waals surface area contributed by atoms with Gasteiger partial charge in [-0.15, -0.1) is 0 Å². The highest BCUT2D eigenvalue weighted by Gasteiger charge is 2.38. The first-order valence-electron chi connectivity index (χ1n) is 7.72. The zero-order valence-electron chi connectivity index (χ0n) is 12.9. The molecular weight excluding hydrogens is 248 g/mol. The number of hydrogen-bond acceptors (Lipinski definition) is 2. The Kier molecular flexibility index (Phi) is 4.85. The number of rotatable bonds is 7. The van der Waals surface area contributed by atoms with E-state index in [0.717, 1.165) is 18.3 Å². The molecule has 0 bridgehead atoms. The zero-order valence-corrected chi connectivity index (χ0v) is 12.9. The Morgan fingerprint density at radius 1 is 1.30 bits per heavy atom. The largest absolute Gasteiger partial charge is 0.466 e. The molecule has 0 N–H and O–H groups in total. The second kappa shape index (κ2) is 6.43. The lowest BCUT2D eigenvalue weighted by Crippen LogP contribution is -2.19. The van der Waals surface area contributed by atoms with Crippen molar-refractivity contribution in [2.45, 2.75) is 52.4 Å². The van der Waals surface area contributed by atoms with Gasteiger partial charge >= 0.3 is 5.97 Å². The molecule has 110 valence electrons. The molecule has 0 radical (unpaired) electrons. The van der Waals surface area contributed by atoms with Crippen LogP contribution in [0.1, 0.15) is 57.9 Å². The Morgan fingerprint density at radius 3 is 2.65 bits per heavy atom. The minimum Gasteiger partial charge on any atom is -0.466 e. The smallest absolute Gasteiger partial charge is 0.306 e. The first-order chi connectivity index (χ1) is 9.52. The Balaban J connectivity index is 1.75. The van der Waals surface area contributed by atoms with Crippen molar-refractivity contribution in [3.8, 4) is 0 Å². The van der Waals surface area contributed by atoms with Crippen LogP contribution in [0.4, 0.5) is 0 Å². The Hall–Kier alpha value is -1.31. The molecular formula is C18H26O2. The van der Waals surface area contributed by atoms with Crippen LogP contribution in [0, 0.1) is 11.3 Å². The molecule has 0 unspecified atom stereocenters. The van der Waals surface area contributed by atoms with Crippen molar-refractivity contribution in [1.82, 2.24) is 0 Å². The van der Waals surface area contributed by atoms with Crippen molar-refractivity contribution in [3.63, 3.8) is 0 Å². The Bertz CT molecular complexity index is 436. The summed E-state index contributed by atoms with van der Waals surface area (Å²) in [5, 5.41) is 0. The second-order valence-electron chi connectivity index (χ2n) is 6.70. The van der Waals surface area contributed by atoms with Crippen molar-refractivity contribution >= 4 is 5.97 Å². The van der Waals surface area contributed by atoms with Gasteiger partial charge in [-0.05, 0) is 49.0 Å². The predicted octanol–water partition coefficient (Wildman–Crippen LogP) is 4.55. The molecule has 0 saturated heterocycles. The monoisotopic (exact) mass is 274 g/mol. The van der Waals surface area contributed by atoms with Gasteiger partial charge in [0.25, 0.3) is 0 Å². The van der Waals surface area contributed by atoms with Gasteiger partial charge in [0.1, 0.15) is 0 Å². The molecule has 2 rings (SSSR count). The average Bonchev–Trinajstić information content (AvgIpc) is 3.17. The summed E-state index contributed by atoms with van der Waals surface area (Å²) in [6.45, 7) is 6.68. The number of carbonyl (C=O) groups is 1. The van der Waals surface area contributed by atoms with E-state index in [9.17, 15) is 4.79 Å². The van der Waals surface area contributed by atoms with E-state index < -0.39 is 0 Å². The van der Waals surface area contributed by atoms with Crippen molar-refractivity contribution < 1.29 is 9.53 Å². The zero-order chi connectivity index (χ0) is 14.6. The maximum atomic E-state index is 11.6. The van der Waals surface area contributed by atoms with Crippen molar-refractivity contribution in [3.05, 3.63) is 35.9 Å². The standard InChI is InChI=1S/C18H26O2/c1-4-20-17(19)13-18(2,3)11-10-15-12-16(15)14-8-6-5-7-9-14/h5-9,15-16H,4,10-13H2,1-3H3/t15-,16+/m0/s1. The molecule has 0 aliphatic heterocycles. The molecule has 2 nitrogen and oxygen atoms in total. The van der Waals surface area contributed by atoms with E-state index >= 15 is 0 Å². The van der Waals surface area contributed by atoms with Gasteiger partial charge in [0.2, 0.25) is 0 Å². The van der Waals surface area contributed by atoms with Crippen LogP contribution < -0.4 is 0 Å². The molecule has 0 aromatic heterocycles. The Labute approximate surface area is 122 Å². The quantitative estimate of drug-likeness (QED) is 0.682. The van der Waals surface area contributed by atoms with E-state index in [1.165, 1.54) is 18.4 Å². The van der Waals surface area contributed by atoms with Gasteiger partial charge < -0.3 is 4.74 Å². The molecule has 1 aliphatic carbocycles. The van der Waals surface area contributed by atoms with Crippen molar-refractivity contribution in [2.24, 2.45) is 11.3 Å². The number of ether oxygens (including phenoxy) is 1.